The van der Waals surface area contributed by atoms with Gasteiger partial charge in [0.25, 0.3) is 0 Å². The third kappa shape index (κ3) is 5.15. The first kappa shape index (κ1) is 29.9. The van der Waals surface area contributed by atoms with E-state index in [0.29, 0.717) is 11.1 Å². The van der Waals surface area contributed by atoms with E-state index < -0.39 is 0 Å². The Hall–Kier alpha value is -6.16. The molecular formula is C43H33N3. The third-order valence-electron chi connectivity index (χ3n) is 8.46. The standard InChI is InChI=1S/C39H23N3.C2H6.C2H4/c40-23-25-9-15-38-36(17-25)37-18-26(24-41)10-16-39(37)42(38)33-14-13-32-20-31-12-11-30(21-34(31)35(32)22-33)29-8-4-7-28(19-29)27-5-2-1-3-6-27;2*1-2/h1-19,21-22H,20H2;1-2H3;1-2H2. The summed E-state index contributed by atoms with van der Waals surface area (Å²) in [5.74, 6) is 0. The molecule has 7 aromatic rings. The van der Waals surface area contributed by atoms with Crippen LogP contribution in [0.5, 0.6) is 0 Å². The Labute approximate surface area is 270 Å². The lowest BCUT2D eigenvalue weighted by molar-refractivity contribution is 1.17. The minimum absolute atomic E-state index is 0.607. The van der Waals surface area contributed by atoms with Gasteiger partial charge in [-0.25, -0.2) is 0 Å². The average molecular weight is 592 g/mol. The Morgan fingerprint density at radius 3 is 1.65 bits per heavy atom. The average Bonchev–Trinajstić information content (AvgIpc) is 3.67. The Bertz CT molecular complexity index is 2240. The molecule has 0 unspecified atom stereocenters. The summed E-state index contributed by atoms with van der Waals surface area (Å²) in [6, 6.07) is 48.9. The van der Waals surface area contributed by atoms with E-state index in [1.807, 2.05) is 56.3 Å². The molecule has 6 aromatic carbocycles. The van der Waals surface area contributed by atoms with Crippen molar-refractivity contribution >= 4 is 21.8 Å². The van der Waals surface area contributed by atoms with Crippen LogP contribution in [0.25, 0.3) is 60.9 Å². The van der Waals surface area contributed by atoms with Gasteiger partial charge in [-0.2, -0.15) is 10.5 Å². The van der Waals surface area contributed by atoms with Gasteiger partial charge in [0.05, 0.1) is 34.3 Å². The molecule has 1 aliphatic carbocycles. The van der Waals surface area contributed by atoms with E-state index in [1.165, 1.54) is 44.5 Å². The molecule has 0 radical (unpaired) electrons. The van der Waals surface area contributed by atoms with Crippen molar-refractivity contribution in [2.75, 3.05) is 0 Å². The molecule has 0 bridgehead atoms. The number of nitriles is 2. The molecule has 0 atom stereocenters. The zero-order valence-corrected chi connectivity index (χ0v) is 26.1. The van der Waals surface area contributed by atoms with E-state index in [-0.39, 0.29) is 0 Å². The van der Waals surface area contributed by atoms with Crippen LogP contribution in [-0.2, 0) is 6.42 Å². The summed E-state index contributed by atoms with van der Waals surface area (Å²) in [6.07, 6.45) is 0.916. The Morgan fingerprint density at radius 2 is 1.04 bits per heavy atom. The highest BCUT2D eigenvalue weighted by atomic mass is 15.0. The van der Waals surface area contributed by atoms with Gasteiger partial charge >= 0.3 is 0 Å². The van der Waals surface area contributed by atoms with Crippen molar-refractivity contribution in [3.8, 4) is 51.2 Å². The fourth-order valence-corrected chi connectivity index (χ4v) is 6.42. The molecule has 0 fully saturated rings. The third-order valence-corrected chi connectivity index (χ3v) is 8.46. The molecule has 8 rings (SSSR count). The maximum atomic E-state index is 9.56. The van der Waals surface area contributed by atoms with Crippen LogP contribution < -0.4 is 0 Å². The van der Waals surface area contributed by atoms with Crippen molar-refractivity contribution in [1.29, 1.82) is 10.5 Å². The summed E-state index contributed by atoms with van der Waals surface area (Å²) in [5, 5.41) is 21.1. The Morgan fingerprint density at radius 1 is 0.522 bits per heavy atom. The summed E-state index contributed by atoms with van der Waals surface area (Å²) < 4.78 is 2.25. The first-order chi connectivity index (χ1) is 22.7. The lowest BCUT2D eigenvalue weighted by atomic mass is 9.96. The molecule has 0 spiro atoms. The van der Waals surface area contributed by atoms with Crippen molar-refractivity contribution < 1.29 is 0 Å². The van der Waals surface area contributed by atoms with Crippen LogP contribution >= 0.6 is 0 Å². The molecular weight excluding hydrogens is 558 g/mol. The monoisotopic (exact) mass is 591 g/mol. The van der Waals surface area contributed by atoms with Crippen molar-refractivity contribution in [2.24, 2.45) is 0 Å². The molecule has 220 valence electrons. The van der Waals surface area contributed by atoms with Crippen LogP contribution in [0, 0.1) is 22.7 Å². The number of nitrogens with zero attached hydrogens (tertiary/aromatic N) is 3. The van der Waals surface area contributed by atoms with Crippen LogP contribution in [0.15, 0.2) is 141 Å². The van der Waals surface area contributed by atoms with Crippen molar-refractivity contribution in [1.82, 2.24) is 4.57 Å². The molecule has 0 N–H and O–H groups in total. The summed E-state index contributed by atoms with van der Waals surface area (Å²) in [7, 11) is 0. The fourth-order valence-electron chi connectivity index (χ4n) is 6.42. The van der Waals surface area contributed by atoms with Crippen LogP contribution in [0.2, 0.25) is 0 Å². The van der Waals surface area contributed by atoms with Gasteiger partial charge in [-0.3, -0.25) is 0 Å². The molecule has 0 aliphatic heterocycles. The Balaban J connectivity index is 0.000000896. The van der Waals surface area contributed by atoms with Crippen LogP contribution in [-0.4, -0.2) is 4.57 Å². The molecule has 1 aliphatic rings. The van der Waals surface area contributed by atoms with E-state index in [0.717, 1.165) is 33.9 Å². The van der Waals surface area contributed by atoms with E-state index in [4.69, 9.17) is 0 Å². The number of hydrogen-bond donors (Lipinski definition) is 0. The molecule has 1 heterocycles. The van der Waals surface area contributed by atoms with Crippen molar-refractivity contribution in [2.45, 2.75) is 20.3 Å². The fraction of sp³-hybridized carbons (Fsp3) is 0.0698. The molecule has 0 saturated carbocycles. The van der Waals surface area contributed by atoms with Gasteiger partial charge in [-0.1, -0.05) is 80.6 Å². The smallest absolute Gasteiger partial charge is 0.0991 e. The van der Waals surface area contributed by atoms with Gasteiger partial charge in [0.1, 0.15) is 0 Å². The quantitative estimate of drug-likeness (QED) is 0.192. The van der Waals surface area contributed by atoms with Crippen LogP contribution in [0.3, 0.4) is 0 Å². The predicted molar refractivity (Wildman–Crippen MR) is 192 cm³/mol. The summed E-state index contributed by atoms with van der Waals surface area (Å²) in [4.78, 5) is 0. The summed E-state index contributed by atoms with van der Waals surface area (Å²) >= 11 is 0. The first-order valence-electron chi connectivity index (χ1n) is 15.5. The maximum Gasteiger partial charge on any atom is 0.0991 e. The van der Waals surface area contributed by atoms with Gasteiger partial charge in [-0.15, -0.1) is 13.2 Å². The summed E-state index contributed by atoms with van der Waals surface area (Å²) in [6.45, 7) is 10.0. The van der Waals surface area contributed by atoms with Gasteiger partial charge in [0.2, 0.25) is 0 Å². The van der Waals surface area contributed by atoms with Gasteiger partial charge < -0.3 is 4.57 Å². The number of fused-ring (bicyclic) bond motifs is 6. The van der Waals surface area contributed by atoms with E-state index in [9.17, 15) is 10.5 Å². The Kier molecular flexibility index (Phi) is 8.34. The number of hydrogen-bond acceptors (Lipinski definition) is 2. The van der Waals surface area contributed by atoms with E-state index in [1.54, 1.807) is 0 Å². The topological polar surface area (TPSA) is 52.5 Å². The normalized spacial score (nSPS) is 10.9. The number of aromatic nitrogens is 1. The number of rotatable bonds is 3. The largest absolute Gasteiger partial charge is 0.309 e. The molecule has 3 nitrogen and oxygen atoms in total. The van der Waals surface area contributed by atoms with E-state index in [2.05, 4.69) is 115 Å². The zero-order valence-electron chi connectivity index (χ0n) is 26.1. The SMILES string of the molecule is C=C.CC.N#Cc1ccc2c(c1)c1cc(C#N)ccc1n2-c1ccc2c(c1)-c1cc(-c3cccc(-c4ccccc4)c3)ccc1C2. The van der Waals surface area contributed by atoms with Crippen LogP contribution in [0.4, 0.5) is 0 Å². The highest BCUT2D eigenvalue weighted by Gasteiger charge is 2.21. The molecule has 3 heteroatoms. The zero-order chi connectivity index (χ0) is 32.2. The first-order valence-corrected chi connectivity index (χ1v) is 15.5. The second-order valence-electron chi connectivity index (χ2n) is 10.9. The highest BCUT2D eigenvalue weighted by molar-refractivity contribution is 6.10. The minimum atomic E-state index is 0.607. The number of benzene rings is 6. The van der Waals surface area contributed by atoms with Crippen molar-refractivity contribution in [3.05, 3.63) is 163 Å². The lowest BCUT2D eigenvalue weighted by Crippen LogP contribution is -1.95. The van der Waals surface area contributed by atoms with Gasteiger partial charge in [0, 0.05) is 16.5 Å². The predicted octanol–water partition coefficient (Wildman–Crippen LogP) is 11.3. The molecule has 0 amide bonds. The summed E-state index contributed by atoms with van der Waals surface area (Å²) in [5.41, 5.74) is 14.3. The maximum absolute atomic E-state index is 9.56. The highest BCUT2D eigenvalue weighted by Crippen LogP contribution is 2.42. The van der Waals surface area contributed by atoms with Crippen molar-refractivity contribution in [3.63, 3.8) is 0 Å². The minimum Gasteiger partial charge on any atom is -0.309 e. The second kappa shape index (κ2) is 12.8. The van der Waals surface area contributed by atoms with Gasteiger partial charge in [-0.05, 0) is 112 Å². The van der Waals surface area contributed by atoms with E-state index >= 15 is 0 Å². The van der Waals surface area contributed by atoms with Crippen LogP contribution in [0.1, 0.15) is 36.1 Å². The molecule has 1 aromatic heterocycles. The molecule has 0 saturated heterocycles. The molecule has 46 heavy (non-hydrogen) atoms. The van der Waals surface area contributed by atoms with Gasteiger partial charge in [0.15, 0.2) is 0 Å². The lowest BCUT2D eigenvalue weighted by Gasteiger charge is -2.12. The second-order valence-corrected chi connectivity index (χ2v) is 10.9.